The quantitative estimate of drug-likeness (QED) is 0.669. The van der Waals surface area contributed by atoms with E-state index in [0.29, 0.717) is 0 Å². The molecule has 2 fully saturated rings. The van der Waals surface area contributed by atoms with Gasteiger partial charge in [-0.3, -0.25) is 0 Å². The lowest BCUT2D eigenvalue weighted by molar-refractivity contribution is 0.258. The number of likely N-dealkylation sites (tertiary alicyclic amines) is 1. The second-order valence-corrected chi connectivity index (χ2v) is 5.97. The maximum atomic E-state index is 3.59. The second kappa shape index (κ2) is 6.02. The van der Waals surface area contributed by atoms with Crippen LogP contribution in [0.2, 0.25) is 0 Å². The molecule has 2 atom stereocenters. The van der Waals surface area contributed by atoms with Gasteiger partial charge in [-0.05, 0) is 58.0 Å². The Morgan fingerprint density at radius 3 is 2.56 bits per heavy atom. The third kappa shape index (κ3) is 4.06. The molecule has 0 radical (unpaired) electrons. The first kappa shape index (κ1) is 12.4. The summed E-state index contributed by atoms with van der Waals surface area (Å²) in [5, 5.41) is 3.59. The van der Waals surface area contributed by atoms with E-state index in [4.69, 9.17) is 0 Å². The van der Waals surface area contributed by atoms with Gasteiger partial charge in [-0.2, -0.15) is 0 Å². The zero-order valence-corrected chi connectivity index (χ0v) is 11.0. The van der Waals surface area contributed by atoms with Crippen LogP contribution in [0.4, 0.5) is 0 Å². The summed E-state index contributed by atoms with van der Waals surface area (Å²) < 4.78 is 0. The molecular weight excluding hydrogens is 196 g/mol. The summed E-state index contributed by atoms with van der Waals surface area (Å²) in [4.78, 5) is 2.68. The Hall–Kier alpha value is -0.0800. The fraction of sp³-hybridized carbons (Fsp3) is 1.00. The van der Waals surface area contributed by atoms with Gasteiger partial charge in [0, 0.05) is 18.6 Å². The van der Waals surface area contributed by atoms with Crippen molar-refractivity contribution >= 4 is 0 Å². The molecule has 1 saturated carbocycles. The van der Waals surface area contributed by atoms with Crippen LogP contribution in [0.15, 0.2) is 0 Å². The summed E-state index contributed by atoms with van der Waals surface area (Å²) >= 11 is 0. The highest BCUT2D eigenvalue weighted by molar-refractivity contribution is 4.81. The van der Waals surface area contributed by atoms with Crippen molar-refractivity contribution in [2.24, 2.45) is 5.92 Å². The molecule has 2 rings (SSSR count). The van der Waals surface area contributed by atoms with Crippen LogP contribution >= 0.6 is 0 Å². The normalized spacial score (nSPS) is 31.1. The number of rotatable bonds is 7. The van der Waals surface area contributed by atoms with E-state index in [1.165, 1.54) is 58.2 Å². The number of hydrogen-bond acceptors (Lipinski definition) is 2. The zero-order chi connectivity index (χ0) is 11.4. The smallest absolute Gasteiger partial charge is 0.00700 e. The number of nitrogens with one attached hydrogen (secondary N) is 1. The van der Waals surface area contributed by atoms with Gasteiger partial charge in [0.05, 0.1) is 0 Å². The molecule has 1 aliphatic heterocycles. The topological polar surface area (TPSA) is 15.3 Å². The van der Waals surface area contributed by atoms with Crippen LogP contribution in [0.5, 0.6) is 0 Å². The number of hydrogen-bond donors (Lipinski definition) is 1. The van der Waals surface area contributed by atoms with Gasteiger partial charge < -0.3 is 10.2 Å². The first-order valence-electron chi connectivity index (χ1n) is 7.23. The molecule has 0 bridgehead atoms. The highest BCUT2D eigenvalue weighted by Crippen LogP contribution is 2.22. The second-order valence-electron chi connectivity index (χ2n) is 5.97. The van der Waals surface area contributed by atoms with Crippen LogP contribution in [-0.4, -0.2) is 36.6 Å². The van der Waals surface area contributed by atoms with Crippen LogP contribution in [0.3, 0.4) is 0 Å². The van der Waals surface area contributed by atoms with Crippen molar-refractivity contribution in [1.29, 1.82) is 0 Å². The number of nitrogens with zero attached hydrogens (tertiary/aromatic N) is 1. The van der Waals surface area contributed by atoms with Gasteiger partial charge in [0.1, 0.15) is 0 Å². The monoisotopic (exact) mass is 224 g/mol. The maximum Gasteiger partial charge on any atom is 0.00700 e. The molecule has 0 aromatic carbocycles. The lowest BCUT2D eigenvalue weighted by Crippen LogP contribution is -2.28. The van der Waals surface area contributed by atoms with Crippen LogP contribution in [-0.2, 0) is 0 Å². The molecule has 0 spiro atoms. The molecule has 2 aliphatic rings. The van der Waals surface area contributed by atoms with E-state index in [-0.39, 0.29) is 0 Å². The third-order valence-electron chi connectivity index (χ3n) is 4.05. The molecule has 2 heteroatoms. The predicted molar refractivity (Wildman–Crippen MR) is 69.7 cm³/mol. The highest BCUT2D eigenvalue weighted by atomic mass is 15.2. The van der Waals surface area contributed by atoms with Crippen molar-refractivity contribution in [1.82, 2.24) is 10.2 Å². The molecule has 94 valence electrons. The largest absolute Gasteiger partial charge is 0.314 e. The minimum Gasteiger partial charge on any atom is -0.314 e. The molecule has 1 aliphatic carbocycles. The Morgan fingerprint density at radius 2 is 1.94 bits per heavy atom. The summed E-state index contributed by atoms with van der Waals surface area (Å²) in [5.41, 5.74) is 0. The van der Waals surface area contributed by atoms with E-state index in [1.54, 1.807) is 0 Å². The van der Waals surface area contributed by atoms with Gasteiger partial charge in [0.25, 0.3) is 0 Å². The summed E-state index contributed by atoms with van der Waals surface area (Å²) in [6.45, 7) is 8.68. The molecule has 0 aromatic rings. The van der Waals surface area contributed by atoms with Crippen LogP contribution in [0.25, 0.3) is 0 Å². The van der Waals surface area contributed by atoms with E-state index in [1.807, 2.05) is 0 Å². The Kier molecular flexibility index (Phi) is 4.66. The summed E-state index contributed by atoms with van der Waals surface area (Å²) in [6, 6.07) is 1.72. The minimum absolute atomic E-state index is 0.833. The molecule has 0 aromatic heterocycles. The zero-order valence-electron chi connectivity index (χ0n) is 11.0. The van der Waals surface area contributed by atoms with Gasteiger partial charge in [0.15, 0.2) is 0 Å². The summed E-state index contributed by atoms with van der Waals surface area (Å²) in [7, 11) is 0. The average molecular weight is 224 g/mol. The molecule has 1 heterocycles. The Labute approximate surface area is 101 Å². The van der Waals surface area contributed by atoms with E-state index in [9.17, 15) is 0 Å². The standard InChI is InChI=1S/C14H28N2/c1-12-10-13(2)16(11-12)9-5-3-4-8-15-14-6-7-14/h12-15H,3-11H2,1-2H3. The molecule has 1 N–H and O–H groups in total. The fourth-order valence-electron chi connectivity index (χ4n) is 2.91. The van der Waals surface area contributed by atoms with Crippen LogP contribution in [0, 0.1) is 5.92 Å². The summed E-state index contributed by atoms with van der Waals surface area (Å²) in [5.74, 6) is 0.923. The molecule has 2 nitrogen and oxygen atoms in total. The van der Waals surface area contributed by atoms with E-state index in [2.05, 4.69) is 24.1 Å². The van der Waals surface area contributed by atoms with Gasteiger partial charge >= 0.3 is 0 Å². The maximum absolute atomic E-state index is 3.59. The number of unbranched alkanes of at least 4 members (excludes halogenated alkanes) is 2. The first-order chi connectivity index (χ1) is 7.75. The van der Waals surface area contributed by atoms with Crippen molar-refractivity contribution < 1.29 is 0 Å². The SMILES string of the molecule is CC1CC(C)N(CCCCCNC2CC2)C1. The van der Waals surface area contributed by atoms with Crippen molar-refractivity contribution in [3.8, 4) is 0 Å². The minimum atomic E-state index is 0.833. The van der Waals surface area contributed by atoms with E-state index in [0.717, 1.165) is 18.0 Å². The van der Waals surface area contributed by atoms with Gasteiger partial charge in [-0.15, -0.1) is 0 Å². The Morgan fingerprint density at radius 1 is 1.12 bits per heavy atom. The average Bonchev–Trinajstić information content (AvgIpc) is 2.99. The molecule has 0 amide bonds. The summed E-state index contributed by atoms with van der Waals surface area (Å²) in [6.07, 6.45) is 8.41. The molecule has 1 saturated heterocycles. The van der Waals surface area contributed by atoms with Gasteiger partial charge in [-0.25, -0.2) is 0 Å². The molecule has 2 unspecified atom stereocenters. The van der Waals surface area contributed by atoms with E-state index < -0.39 is 0 Å². The van der Waals surface area contributed by atoms with Crippen LogP contribution in [0.1, 0.15) is 52.4 Å². The Bertz CT molecular complexity index is 201. The molecular formula is C14H28N2. The fourth-order valence-corrected chi connectivity index (χ4v) is 2.91. The van der Waals surface area contributed by atoms with Gasteiger partial charge in [0.2, 0.25) is 0 Å². The Balaban J connectivity index is 1.44. The lowest BCUT2D eigenvalue weighted by atomic mass is 10.1. The van der Waals surface area contributed by atoms with Crippen molar-refractivity contribution in [2.75, 3.05) is 19.6 Å². The van der Waals surface area contributed by atoms with Gasteiger partial charge in [-0.1, -0.05) is 13.3 Å². The van der Waals surface area contributed by atoms with Crippen molar-refractivity contribution in [3.63, 3.8) is 0 Å². The first-order valence-corrected chi connectivity index (χ1v) is 7.23. The van der Waals surface area contributed by atoms with Crippen LogP contribution < -0.4 is 5.32 Å². The third-order valence-corrected chi connectivity index (χ3v) is 4.05. The molecule has 16 heavy (non-hydrogen) atoms. The lowest BCUT2D eigenvalue weighted by Gasteiger charge is -2.20. The van der Waals surface area contributed by atoms with E-state index >= 15 is 0 Å². The predicted octanol–water partition coefficient (Wildman–Crippen LogP) is 2.64. The highest BCUT2D eigenvalue weighted by Gasteiger charge is 2.25. The van der Waals surface area contributed by atoms with Crippen molar-refractivity contribution in [2.45, 2.75) is 64.5 Å². The van der Waals surface area contributed by atoms with Crippen molar-refractivity contribution in [3.05, 3.63) is 0 Å².